The number of benzene rings is 1. The third-order valence-electron chi connectivity index (χ3n) is 6.05. The van der Waals surface area contributed by atoms with Gasteiger partial charge in [-0.3, -0.25) is 14.5 Å². The van der Waals surface area contributed by atoms with Gasteiger partial charge in [-0.15, -0.1) is 0 Å². The highest BCUT2D eigenvalue weighted by Crippen LogP contribution is 2.24. The Morgan fingerprint density at radius 2 is 1.79 bits per heavy atom. The number of pyridine rings is 1. The minimum absolute atomic E-state index is 0.136. The van der Waals surface area contributed by atoms with Crippen LogP contribution in [0.25, 0.3) is 0 Å². The van der Waals surface area contributed by atoms with Crippen LogP contribution in [0.1, 0.15) is 65.3 Å². The second-order valence-electron chi connectivity index (χ2n) is 7.96. The molecule has 0 saturated carbocycles. The topological polar surface area (TPSA) is 65.2 Å². The second kappa shape index (κ2) is 8.74. The van der Waals surface area contributed by atoms with Gasteiger partial charge >= 0.3 is 0 Å². The van der Waals surface area contributed by atoms with Crippen molar-refractivity contribution in [2.45, 2.75) is 51.0 Å². The lowest BCUT2D eigenvalue weighted by molar-refractivity contribution is 0.0931. The number of amides is 1. The number of rotatable bonds is 5. The zero-order valence-electron chi connectivity index (χ0n) is 16.4. The summed E-state index contributed by atoms with van der Waals surface area (Å²) in [6.07, 6.45) is 7.82. The summed E-state index contributed by atoms with van der Waals surface area (Å²) < 4.78 is 0. The maximum Gasteiger partial charge on any atom is 0.261 e. The summed E-state index contributed by atoms with van der Waals surface area (Å²) in [6, 6.07) is 12.3. The summed E-state index contributed by atoms with van der Waals surface area (Å²) >= 11 is 0. The molecule has 0 bridgehead atoms. The number of aromatic nitrogens is 1. The molecule has 2 aliphatic rings. The van der Waals surface area contributed by atoms with Crippen molar-refractivity contribution in [3.05, 3.63) is 69.1 Å². The van der Waals surface area contributed by atoms with Crippen LogP contribution in [0.3, 0.4) is 0 Å². The standard InChI is InChI=1S/C23H29N3O2/c27-22(19-15-18-11-8-12-20(18)25-23(19)28)24-16-21(17-9-4-3-5-10-17)26-13-6-1-2-7-14-26/h3-5,9-10,15,21H,1-2,6-8,11-14,16H2,(H,24,27)(H,25,28). The van der Waals surface area contributed by atoms with Crippen LogP contribution in [0, 0.1) is 0 Å². The lowest BCUT2D eigenvalue weighted by Crippen LogP contribution is -2.40. The molecule has 1 aliphatic heterocycles. The molecular weight excluding hydrogens is 350 g/mol. The fourth-order valence-corrected chi connectivity index (χ4v) is 4.51. The summed E-state index contributed by atoms with van der Waals surface area (Å²) in [7, 11) is 0. The number of fused-ring (bicyclic) bond motifs is 1. The summed E-state index contributed by atoms with van der Waals surface area (Å²) in [5.41, 5.74) is 3.28. The Bertz CT molecular complexity index is 867. The lowest BCUT2D eigenvalue weighted by Gasteiger charge is -2.31. The molecule has 148 valence electrons. The summed E-state index contributed by atoms with van der Waals surface area (Å²) in [5.74, 6) is -0.272. The van der Waals surface area contributed by atoms with Gasteiger partial charge in [-0.1, -0.05) is 43.2 Å². The predicted octanol–water partition coefficient (Wildman–Crippen LogP) is 3.21. The van der Waals surface area contributed by atoms with E-state index in [-0.39, 0.29) is 23.1 Å². The maximum absolute atomic E-state index is 12.8. The first-order valence-electron chi connectivity index (χ1n) is 10.5. The van der Waals surface area contributed by atoms with Gasteiger partial charge in [0.05, 0.1) is 6.04 Å². The number of hydrogen-bond acceptors (Lipinski definition) is 3. The van der Waals surface area contributed by atoms with Gasteiger partial charge in [-0.25, -0.2) is 0 Å². The molecule has 1 aromatic carbocycles. The van der Waals surface area contributed by atoms with E-state index < -0.39 is 0 Å². The second-order valence-corrected chi connectivity index (χ2v) is 7.96. The molecule has 4 rings (SSSR count). The van der Waals surface area contributed by atoms with E-state index in [0.29, 0.717) is 6.54 Å². The van der Waals surface area contributed by atoms with Gasteiger partial charge in [-0.05, 0) is 62.4 Å². The predicted molar refractivity (Wildman–Crippen MR) is 111 cm³/mol. The highest BCUT2D eigenvalue weighted by Gasteiger charge is 2.23. The van der Waals surface area contributed by atoms with Gasteiger partial charge in [0.15, 0.2) is 0 Å². The third kappa shape index (κ3) is 4.20. The SMILES string of the molecule is O=C(NCC(c1ccccc1)N1CCCCCC1)c1cc2c([nH]c1=O)CCC2. The molecule has 2 N–H and O–H groups in total. The number of aromatic amines is 1. The van der Waals surface area contributed by atoms with Gasteiger partial charge in [0.1, 0.15) is 5.56 Å². The number of H-pyrrole nitrogens is 1. The average Bonchev–Trinajstić information content (AvgIpc) is 3.00. The Hall–Kier alpha value is -2.40. The van der Waals surface area contributed by atoms with Crippen molar-refractivity contribution in [3.8, 4) is 0 Å². The van der Waals surface area contributed by atoms with Gasteiger partial charge in [0, 0.05) is 12.2 Å². The average molecular weight is 380 g/mol. The maximum atomic E-state index is 12.8. The zero-order valence-corrected chi connectivity index (χ0v) is 16.4. The van der Waals surface area contributed by atoms with Gasteiger partial charge in [-0.2, -0.15) is 0 Å². The molecule has 1 amide bonds. The molecule has 5 heteroatoms. The Morgan fingerprint density at radius 3 is 2.54 bits per heavy atom. The van der Waals surface area contributed by atoms with Gasteiger partial charge < -0.3 is 10.3 Å². The van der Waals surface area contributed by atoms with Crippen LogP contribution >= 0.6 is 0 Å². The highest BCUT2D eigenvalue weighted by molar-refractivity contribution is 5.94. The van der Waals surface area contributed by atoms with Crippen LogP contribution in [0.15, 0.2) is 41.2 Å². The van der Waals surface area contributed by atoms with Crippen molar-refractivity contribution in [3.63, 3.8) is 0 Å². The number of nitrogens with one attached hydrogen (secondary N) is 2. The van der Waals surface area contributed by atoms with Crippen LogP contribution in [0.4, 0.5) is 0 Å². The minimum atomic E-state index is -0.274. The van der Waals surface area contributed by atoms with Crippen molar-refractivity contribution in [1.29, 1.82) is 0 Å². The van der Waals surface area contributed by atoms with E-state index in [2.05, 4.69) is 27.3 Å². The molecule has 2 aromatic rings. The van der Waals surface area contributed by atoms with Crippen molar-refractivity contribution >= 4 is 5.91 Å². The smallest absolute Gasteiger partial charge is 0.261 e. The van der Waals surface area contributed by atoms with Crippen LogP contribution in [-0.4, -0.2) is 35.4 Å². The van der Waals surface area contributed by atoms with Gasteiger partial charge in [0.25, 0.3) is 11.5 Å². The van der Waals surface area contributed by atoms with E-state index in [0.717, 1.165) is 43.6 Å². The summed E-state index contributed by atoms with van der Waals surface area (Å²) in [5, 5.41) is 3.05. The van der Waals surface area contributed by atoms with Crippen molar-refractivity contribution in [2.24, 2.45) is 0 Å². The number of nitrogens with zero attached hydrogens (tertiary/aromatic N) is 1. The molecule has 1 atom stereocenters. The van der Waals surface area contributed by atoms with Gasteiger partial charge in [0.2, 0.25) is 0 Å². The molecule has 0 radical (unpaired) electrons. The first-order chi connectivity index (χ1) is 13.7. The number of carbonyl (C=O) groups excluding carboxylic acids is 1. The molecule has 1 fully saturated rings. The first-order valence-corrected chi connectivity index (χ1v) is 10.5. The fraction of sp³-hybridized carbons (Fsp3) is 0.478. The van der Waals surface area contributed by atoms with Crippen LogP contribution < -0.4 is 10.9 Å². The van der Waals surface area contributed by atoms with Crippen LogP contribution in [0.5, 0.6) is 0 Å². The van der Waals surface area contributed by atoms with E-state index >= 15 is 0 Å². The lowest BCUT2D eigenvalue weighted by atomic mass is 10.0. The molecule has 2 heterocycles. The highest BCUT2D eigenvalue weighted by atomic mass is 16.2. The zero-order chi connectivity index (χ0) is 19.3. The molecular formula is C23H29N3O2. The van der Waals surface area contributed by atoms with Crippen molar-refractivity contribution < 1.29 is 4.79 Å². The van der Waals surface area contributed by atoms with Crippen LogP contribution in [0.2, 0.25) is 0 Å². The first kappa shape index (κ1) is 18.9. The minimum Gasteiger partial charge on any atom is -0.350 e. The van der Waals surface area contributed by atoms with Crippen LogP contribution in [-0.2, 0) is 12.8 Å². The molecule has 1 saturated heterocycles. The fourth-order valence-electron chi connectivity index (χ4n) is 4.51. The normalized spacial score (nSPS) is 18.3. The van der Waals surface area contributed by atoms with E-state index in [1.165, 1.54) is 31.2 Å². The number of aryl methyl sites for hydroxylation is 2. The summed E-state index contributed by atoms with van der Waals surface area (Å²) in [4.78, 5) is 30.5. The molecule has 1 unspecified atom stereocenters. The monoisotopic (exact) mass is 379 g/mol. The Morgan fingerprint density at radius 1 is 1.04 bits per heavy atom. The molecule has 0 spiro atoms. The molecule has 5 nitrogen and oxygen atoms in total. The van der Waals surface area contributed by atoms with Crippen molar-refractivity contribution in [1.82, 2.24) is 15.2 Å². The molecule has 28 heavy (non-hydrogen) atoms. The van der Waals surface area contributed by atoms with E-state index in [9.17, 15) is 9.59 Å². The summed E-state index contributed by atoms with van der Waals surface area (Å²) in [6.45, 7) is 2.61. The Kier molecular flexibility index (Phi) is 5.91. The Balaban J connectivity index is 1.51. The molecule has 1 aromatic heterocycles. The van der Waals surface area contributed by atoms with E-state index in [4.69, 9.17) is 0 Å². The number of hydrogen-bond donors (Lipinski definition) is 2. The number of carbonyl (C=O) groups is 1. The largest absolute Gasteiger partial charge is 0.350 e. The molecule has 1 aliphatic carbocycles. The van der Waals surface area contributed by atoms with E-state index in [1.54, 1.807) is 6.07 Å². The van der Waals surface area contributed by atoms with E-state index in [1.807, 2.05) is 18.2 Å². The third-order valence-corrected chi connectivity index (χ3v) is 6.05. The Labute approximate surface area is 166 Å². The quantitative estimate of drug-likeness (QED) is 0.838. The van der Waals surface area contributed by atoms with Crippen molar-refractivity contribution in [2.75, 3.05) is 19.6 Å². The number of likely N-dealkylation sites (tertiary alicyclic amines) is 1.